The van der Waals surface area contributed by atoms with Gasteiger partial charge in [0.15, 0.2) is 0 Å². The van der Waals surface area contributed by atoms with Gasteiger partial charge in [0.25, 0.3) is 5.69 Å². The second kappa shape index (κ2) is 4.66. The summed E-state index contributed by atoms with van der Waals surface area (Å²) < 4.78 is 1.27. The fourth-order valence-electron chi connectivity index (χ4n) is 1.51. The molecule has 0 atom stereocenters. The molecule has 7 heteroatoms. The molecule has 1 N–H and O–H groups in total. The number of carbonyl (C=O) groups is 1. The van der Waals surface area contributed by atoms with Gasteiger partial charge in [-0.05, 0) is 13.0 Å². The predicted octanol–water partition coefficient (Wildman–Crippen LogP) is 2.18. The molecular weight excluding hydrogens is 236 g/mol. The van der Waals surface area contributed by atoms with Crippen LogP contribution in [0.5, 0.6) is 0 Å². The van der Waals surface area contributed by atoms with Gasteiger partial charge in [-0.1, -0.05) is 12.1 Å². The predicted molar refractivity (Wildman–Crippen MR) is 64.5 cm³/mol. The van der Waals surface area contributed by atoms with E-state index >= 15 is 0 Å². The van der Waals surface area contributed by atoms with E-state index < -0.39 is 11.0 Å². The van der Waals surface area contributed by atoms with E-state index in [-0.39, 0.29) is 11.4 Å². The van der Waals surface area contributed by atoms with Gasteiger partial charge < -0.3 is 5.32 Å². The van der Waals surface area contributed by atoms with Gasteiger partial charge in [0.05, 0.1) is 4.92 Å². The number of anilines is 1. The molecule has 0 saturated heterocycles. The Morgan fingerprint density at radius 1 is 1.44 bits per heavy atom. The van der Waals surface area contributed by atoms with E-state index in [9.17, 15) is 14.9 Å². The number of hydrogen-bond acceptors (Lipinski definition) is 4. The molecule has 0 aliphatic rings. The van der Waals surface area contributed by atoms with Crippen LogP contribution >= 0.6 is 0 Å². The molecule has 0 aliphatic carbocycles. The van der Waals surface area contributed by atoms with Gasteiger partial charge in [-0.2, -0.15) is 0 Å². The minimum atomic E-state index is -0.545. The van der Waals surface area contributed by atoms with Crippen LogP contribution in [0, 0.1) is 17.0 Å². The van der Waals surface area contributed by atoms with Crippen LogP contribution in [-0.2, 0) is 0 Å². The van der Waals surface area contributed by atoms with Gasteiger partial charge in [0.2, 0.25) is 0 Å². The van der Waals surface area contributed by atoms with Crippen molar-refractivity contribution in [3.63, 3.8) is 0 Å². The molecule has 0 aliphatic heterocycles. The molecule has 1 heterocycles. The molecule has 1 amide bonds. The average Bonchev–Trinajstić information content (AvgIpc) is 2.76. The zero-order valence-electron chi connectivity index (χ0n) is 9.53. The Labute approximate surface area is 102 Å². The lowest BCUT2D eigenvalue weighted by atomic mass is 10.3. The van der Waals surface area contributed by atoms with Gasteiger partial charge in [0.1, 0.15) is 11.5 Å². The first-order valence-electron chi connectivity index (χ1n) is 5.14. The van der Waals surface area contributed by atoms with Gasteiger partial charge in [0, 0.05) is 18.5 Å². The zero-order valence-corrected chi connectivity index (χ0v) is 9.53. The van der Waals surface area contributed by atoms with E-state index in [1.807, 2.05) is 0 Å². The number of benzene rings is 1. The summed E-state index contributed by atoms with van der Waals surface area (Å²) in [5, 5.41) is 13.3. The maximum absolute atomic E-state index is 11.9. The summed E-state index contributed by atoms with van der Waals surface area (Å²) in [5.74, 6) is 0.506. The Kier molecular flexibility index (Phi) is 3.05. The number of nitrogens with zero attached hydrogens (tertiary/aromatic N) is 3. The molecule has 92 valence electrons. The molecule has 7 nitrogen and oxygen atoms in total. The highest BCUT2D eigenvalue weighted by Gasteiger charge is 2.16. The SMILES string of the molecule is Cc1nccn1C(=O)Nc1ccccc1[N+](=O)[O-]. The molecular formula is C11H10N4O3. The Morgan fingerprint density at radius 2 is 2.17 bits per heavy atom. The summed E-state index contributed by atoms with van der Waals surface area (Å²) in [4.78, 5) is 26.0. The van der Waals surface area contributed by atoms with Crippen molar-refractivity contribution in [3.8, 4) is 0 Å². The van der Waals surface area contributed by atoms with Crippen molar-refractivity contribution in [3.05, 3.63) is 52.6 Å². The third-order valence-electron chi connectivity index (χ3n) is 2.39. The quantitative estimate of drug-likeness (QED) is 0.649. The summed E-state index contributed by atoms with van der Waals surface area (Å²) in [5.41, 5.74) is 0.00391. The van der Waals surface area contributed by atoms with Crippen molar-refractivity contribution in [2.75, 3.05) is 5.32 Å². The lowest BCUT2D eigenvalue weighted by Gasteiger charge is -2.06. The summed E-state index contributed by atoms with van der Waals surface area (Å²) >= 11 is 0. The second-order valence-corrected chi connectivity index (χ2v) is 3.55. The second-order valence-electron chi connectivity index (χ2n) is 3.55. The van der Waals surface area contributed by atoms with Crippen molar-refractivity contribution in [2.24, 2.45) is 0 Å². The van der Waals surface area contributed by atoms with Crippen LogP contribution < -0.4 is 5.32 Å². The van der Waals surface area contributed by atoms with Crippen LogP contribution in [0.4, 0.5) is 16.2 Å². The molecule has 1 aromatic heterocycles. The maximum Gasteiger partial charge on any atom is 0.331 e. The lowest BCUT2D eigenvalue weighted by Crippen LogP contribution is -2.20. The standard InChI is InChI=1S/C11H10N4O3/c1-8-12-6-7-14(8)11(16)13-9-4-2-3-5-10(9)15(17)18/h2-7H,1H3,(H,13,16). The van der Waals surface area contributed by atoms with Gasteiger partial charge >= 0.3 is 6.03 Å². The number of imidazole rings is 1. The first-order chi connectivity index (χ1) is 8.59. The fraction of sp³-hybridized carbons (Fsp3) is 0.0909. The first kappa shape index (κ1) is 11.8. The molecule has 18 heavy (non-hydrogen) atoms. The molecule has 1 aromatic carbocycles. The molecule has 0 spiro atoms. The van der Waals surface area contributed by atoms with Gasteiger partial charge in [-0.3, -0.25) is 14.7 Å². The average molecular weight is 246 g/mol. The zero-order chi connectivity index (χ0) is 13.1. The van der Waals surface area contributed by atoms with E-state index in [2.05, 4.69) is 10.3 Å². The largest absolute Gasteiger partial charge is 0.331 e. The van der Waals surface area contributed by atoms with Crippen LogP contribution in [0.2, 0.25) is 0 Å². The number of nitro benzene ring substituents is 1. The number of aryl methyl sites for hydroxylation is 1. The van der Waals surface area contributed by atoms with Gasteiger partial charge in [-0.25, -0.2) is 9.78 Å². The first-order valence-corrected chi connectivity index (χ1v) is 5.14. The smallest absolute Gasteiger partial charge is 0.301 e. The summed E-state index contributed by atoms with van der Waals surface area (Å²) in [7, 11) is 0. The van der Waals surface area contributed by atoms with E-state index in [1.165, 1.54) is 35.2 Å². The van der Waals surface area contributed by atoms with E-state index in [0.29, 0.717) is 5.82 Å². The molecule has 0 bridgehead atoms. The molecule has 0 radical (unpaired) electrons. The van der Waals surface area contributed by atoms with Crippen LogP contribution in [0.3, 0.4) is 0 Å². The number of nitrogens with one attached hydrogen (secondary N) is 1. The normalized spacial score (nSPS) is 10.1. The lowest BCUT2D eigenvalue weighted by molar-refractivity contribution is -0.383. The Hall–Kier alpha value is -2.70. The topological polar surface area (TPSA) is 90.1 Å². The third kappa shape index (κ3) is 2.19. The Morgan fingerprint density at radius 3 is 2.78 bits per heavy atom. The number of para-hydroxylation sites is 2. The Balaban J connectivity index is 2.28. The van der Waals surface area contributed by atoms with Gasteiger partial charge in [-0.15, -0.1) is 0 Å². The minimum Gasteiger partial charge on any atom is -0.301 e. The highest BCUT2D eigenvalue weighted by molar-refractivity contribution is 5.93. The molecule has 0 saturated carbocycles. The van der Waals surface area contributed by atoms with E-state index in [0.717, 1.165) is 0 Å². The van der Waals surface area contributed by atoms with Crippen molar-refractivity contribution in [1.82, 2.24) is 9.55 Å². The number of carbonyl (C=O) groups excluding carboxylic acids is 1. The van der Waals surface area contributed by atoms with Crippen LogP contribution in [0.25, 0.3) is 0 Å². The van der Waals surface area contributed by atoms with Crippen LogP contribution in [0.1, 0.15) is 5.82 Å². The molecule has 2 rings (SSSR count). The van der Waals surface area contributed by atoms with Crippen molar-refractivity contribution in [2.45, 2.75) is 6.92 Å². The third-order valence-corrected chi connectivity index (χ3v) is 2.39. The van der Waals surface area contributed by atoms with Crippen molar-refractivity contribution in [1.29, 1.82) is 0 Å². The fourth-order valence-corrected chi connectivity index (χ4v) is 1.51. The minimum absolute atomic E-state index is 0.149. The number of nitro groups is 1. The highest BCUT2D eigenvalue weighted by Crippen LogP contribution is 2.23. The summed E-state index contributed by atoms with van der Waals surface area (Å²) in [6.45, 7) is 1.67. The number of aromatic nitrogens is 2. The van der Waals surface area contributed by atoms with Crippen molar-refractivity contribution >= 4 is 17.4 Å². The van der Waals surface area contributed by atoms with Crippen molar-refractivity contribution < 1.29 is 9.72 Å². The highest BCUT2D eigenvalue weighted by atomic mass is 16.6. The molecule has 0 fully saturated rings. The molecule has 0 unspecified atom stereocenters. The van der Waals surface area contributed by atoms with E-state index in [4.69, 9.17) is 0 Å². The summed E-state index contributed by atoms with van der Waals surface area (Å²) in [6, 6.07) is 5.47. The van der Waals surface area contributed by atoms with Crippen LogP contribution in [-0.4, -0.2) is 20.5 Å². The number of hydrogen-bond donors (Lipinski definition) is 1. The number of amides is 1. The number of rotatable bonds is 2. The monoisotopic (exact) mass is 246 g/mol. The maximum atomic E-state index is 11.9. The Bertz CT molecular complexity index is 606. The van der Waals surface area contributed by atoms with Crippen LogP contribution in [0.15, 0.2) is 36.7 Å². The molecule has 2 aromatic rings. The summed E-state index contributed by atoms with van der Waals surface area (Å²) in [6.07, 6.45) is 2.97. The van der Waals surface area contributed by atoms with E-state index in [1.54, 1.807) is 13.0 Å².